The van der Waals surface area contributed by atoms with E-state index in [1.54, 1.807) is 20.4 Å². The molecule has 1 aromatic heterocycles. The Morgan fingerprint density at radius 3 is 2.80 bits per heavy atom. The van der Waals surface area contributed by atoms with Crippen LogP contribution in [0, 0.1) is 0 Å². The molecule has 1 aromatic rings. The Hall–Kier alpha value is -2.06. The molecular formula is C17H29N5O3. The number of hydrogen-bond acceptors (Lipinski definition) is 5. The molecule has 0 spiro atoms. The van der Waals surface area contributed by atoms with Gasteiger partial charge >= 0.3 is 0 Å². The topological polar surface area (TPSA) is 82.3 Å². The molecule has 1 aliphatic rings. The van der Waals surface area contributed by atoms with Gasteiger partial charge in [0.05, 0.1) is 26.0 Å². The van der Waals surface area contributed by atoms with Crippen molar-refractivity contribution in [3.05, 3.63) is 24.2 Å². The minimum Gasteiger partial charge on any atom is -0.467 e. The summed E-state index contributed by atoms with van der Waals surface area (Å²) in [5, 5.41) is 6.48. The lowest BCUT2D eigenvalue weighted by atomic mass is 10.3. The molecule has 0 saturated carbocycles. The Labute approximate surface area is 149 Å². The number of hydrogen-bond donors (Lipinski definition) is 2. The largest absolute Gasteiger partial charge is 0.467 e. The predicted molar refractivity (Wildman–Crippen MR) is 96.4 cm³/mol. The number of likely N-dealkylation sites (N-methyl/N-ethyl adjacent to an activating group) is 1. The Bertz CT molecular complexity index is 524. The second-order valence-corrected chi connectivity index (χ2v) is 6.12. The van der Waals surface area contributed by atoms with E-state index in [0.29, 0.717) is 12.5 Å². The molecule has 0 unspecified atom stereocenters. The summed E-state index contributed by atoms with van der Waals surface area (Å²) in [6.45, 7) is 6.08. The summed E-state index contributed by atoms with van der Waals surface area (Å²) in [5.74, 6) is 1.41. The zero-order chi connectivity index (χ0) is 17.9. The minimum absolute atomic E-state index is 0.0348. The van der Waals surface area contributed by atoms with E-state index in [1.165, 1.54) is 4.90 Å². The van der Waals surface area contributed by atoms with Gasteiger partial charge in [0, 0.05) is 33.7 Å². The maximum atomic E-state index is 11.7. The van der Waals surface area contributed by atoms with Crippen molar-refractivity contribution in [2.24, 2.45) is 4.99 Å². The normalized spacial score (nSPS) is 15.8. The second kappa shape index (κ2) is 10.7. The second-order valence-electron chi connectivity index (χ2n) is 6.12. The van der Waals surface area contributed by atoms with Crippen LogP contribution in [0.15, 0.2) is 27.8 Å². The number of ether oxygens (including phenoxy) is 1. The van der Waals surface area contributed by atoms with Gasteiger partial charge in [0.2, 0.25) is 5.91 Å². The van der Waals surface area contributed by atoms with Gasteiger partial charge in [0.1, 0.15) is 12.3 Å². The van der Waals surface area contributed by atoms with Crippen LogP contribution in [0.2, 0.25) is 0 Å². The van der Waals surface area contributed by atoms with Crippen LogP contribution in [0.3, 0.4) is 0 Å². The first-order valence-corrected chi connectivity index (χ1v) is 8.70. The van der Waals surface area contributed by atoms with Gasteiger partial charge in [-0.15, -0.1) is 0 Å². The van der Waals surface area contributed by atoms with Gasteiger partial charge in [-0.05, 0) is 25.1 Å². The van der Waals surface area contributed by atoms with Crippen molar-refractivity contribution in [2.75, 3.05) is 60.0 Å². The van der Waals surface area contributed by atoms with Crippen LogP contribution in [0.25, 0.3) is 0 Å². The lowest BCUT2D eigenvalue weighted by Crippen LogP contribution is -2.41. The number of guanidine groups is 1. The maximum Gasteiger partial charge on any atom is 0.243 e. The Kier molecular flexibility index (Phi) is 8.27. The zero-order valence-corrected chi connectivity index (χ0v) is 15.2. The Balaban J connectivity index is 1.75. The molecule has 8 heteroatoms. The lowest BCUT2D eigenvalue weighted by Gasteiger charge is -2.26. The van der Waals surface area contributed by atoms with Crippen LogP contribution in [0.1, 0.15) is 12.2 Å². The molecule has 140 valence electrons. The van der Waals surface area contributed by atoms with Gasteiger partial charge in [-0.25, -0.2) is 4.99 Å². The van der Waals surface area contributed by atoms with Crippen molar-refractivity contribution in [3.8, 4) is 0 Å². The molecule has 0 aliphatic carbocycles. The van der Waals surface area contributed by atoms with Crippen molar-refractivity contribution in [2.45, 2.75) is 13.0 Å². The average Bonchev–Trinajstić information content (AvgIpc) is 3.14. The molecule has 0 aromatic carbocycles. The number of furan rings is 1. The van der Waals surface area contributed by atoms with E-state index in [4.69, 9.17) is 9.15 Å². The van der Waals surface area contributed by atoms with Gasteiger partial charge < -0.3 is 24.7 Å². The number of aliphatic imine (C=N–C) groups is 1. The van der Waals surface area contributed by atoms with Crippen molar-refractivity contribution in [1.82, 2.24) is 20.4 Å². The number of nitrogens with zero attached hydrogens (tertiary/aromatic N) is 3. The summed E-state index contributed by atoms with van der Waals surface area (Å²) in [4.78, 5) is 20.0. The fourth-order valence-corrected chi connectivity index (χ4v) is 2.38. The first-order chi connectivity index (χ1) is 12.1. The van der Waals surface area contributed by atoms with Crippen molar-refractivity contribution >= 4 is 11.9 Å². The summed E-state index contributed by atoms with van der Waals surface area (Å²) in [6, 6.07) is 3.74. The number of rotatable bonds is 8. The standard InChI is InChI=1S/C17H29N5O3/c1-21(2)16(23)14-20-17(19-13-15-5-3-10-25-15)18-6-4-7-22-8-11-24-12-9-22/h3,5,10H,4,6-9,11-14H2,1-2H3,(H2,18,19,20). The quantitative estimate of drug-likeness (QED) is 0.393. The van der Waals surface area contributed by atoms with Crippen LogP contribution in [-0.2, 0) is 16.1 Å². The van der Waals surface area contributed by atoms with Crippen LogP contribution < -0.4 is 10.6 Å². The molecule has 0 atom stereocenters. The smallest absolute Gasteiger partial charge is 0.243 e. The summed E-state index contributed by atoms with van der Waals surface area (Å²) in [7, 11) is 3.45. The van der Waals surface area contributed by atoms with Crippen LogP contribution in [-0.4, -0.2) is 81.7 Å². The van der Waals surface area contributed by atoms with E-state index in [2.05, 4.69) is 20.5 Å². The van der Waals surface area contributed by atoms with E-state index in [1.807, 2.05) is 12.1 Å². The molecule has 0 bridgehead atoms. The monoisotopic (exact) mass is 351 g/mol. The Morgan fingerprint density at radius 2 is 2.12 bits per heavy atom. The molecule has 2 N–H and O–H groups in total. The molecule has 1 amide bonds. The molecule has 2 rings (SSSR count). The maximum absolute atomic E-state index is 11.7. The number of carbonyl (C=O) groups excluding carboxylic acids is 1. The van der Waals surface area contributed by atoms with E-state index in [9.17, 15) is 4.79 Å². The van der Waals surface area contributed by atoms with Crippen LogP contribution >= 0.6 is 0 Å². The number of morpholine rings is 1. The average molecular weight is 351 g/mol. The molecule has 1 aliphatic heterocycles. The first kappa shape index (κ1) is 19.3. The van der Waals surface area contributed by atoms with Crippen LogP contribution in [0.5, 0.6) is 0 Å². The molecule has 2 heterocycles. The van der Waals surface area contributed by atoms with Crippen LogP contribution in [0.4, 0.5) is 0 Å². The molecule has 1 saturated heterocycles. The van der Waals surface area contributed by atoms with Gasteiger partial charge in [0.25, 0.3) is 0 Å². The zero-order valence-electron chi connectivity index (χ0n) is 15.2. The van der Waals surface area contributed by atoms with E-state index < -0.39 is 0 Å². The van der Waals surface area contributed by atoms with Crippen molar-refractivity contribution in [1.29, 1.82) is 0 Å². The highest BCUT2D eigenvalue weighted by molar-refractivity contribution is 5.84. The third-order valence-corrected chi connectivity index (χ3v) is 3.93. The number of carbonyl (C=O) groups is 1. The summed E-state index contributed by atoms with van der Waals surface area (Å²) >= 11 is 0. The van der Waals surface area contributed by atoms with E-state index in [-0.39, 0.29) is 12.5 Å². The SMILES string of the molecule is CN(C)C(=O)CN=C(NCCCN1CCOCC1)NCc1ccco1. The fourth-order valence-electron chi connectivity index (χ4n) is 2.38. The Morgan fingerprint density at radius 1 is 1.32 bits per heavy atom. The number of amides is 1. The lowest BCUT2D eigenvalue weighted by molar-refractivity contribution is -0.127. The summed E-state index contributed by atoms with van der Waals surface area (Å²) in [6.07, 6.45) is 2.64. The van der Waals surface area contributed by atoms with Gasteiger partial charge in [-0.1, -0.05) is 0 Å². The van der Waals surface area contributed by atoms with Crippen molar-refractivity contribution < 1.29 is 13.9 Å². The third kappa shape index (κ3) is 7.57. The highest BCUT2D eigenvalue weighted by atomic mass is 16.5. The molecule has 1 fully saturated rings. The van der Waals surface area contributed by atoms with Gasteiger partial charge in [0.15, 0.2) is 5.96 Å². The fraction of sp³-hybridized carbons (Fsp3) is 0.647. The van der Waals surface area contributed by atoms with Gasteiger partial charge in [-0.2, -0.15) is 0 Å². The minimum atomic E-state index is -0.0348. The van der Waals surface area contributed by atoms with E-state index in [0.717, 1.165) is 51.6 Å². The summed E-state index contributed by atoms with van der Waals surface area (Å²) in [5.41, 5.74) is 0. The molecule has 8 nitrogen and oxygen atoms in total. The highest BCUT2D eigenvalue weighted by Gasteiger charge is 2.10. The van der Waals surface area contributed by atoms with Gasteiger partial charge in [-0.3, -0.25) is 9.69 Å². The molecule has 0 radical (unpaired) electrons. The number of nitrogens with one attached hydrogen (secondary N) is 2. The first-order valence-electron chi connectivity index (χ1n) is 8.70. The van der Waals surface area contributed by atoms with Crippen molar-refractivity contribution in [3.63, 3.8) is 0 Å². The third-order valence-electron chi connectivity index (χ3n) is 3.93. The van der Waals surface area contributed by atoms with E-state index >= 15 is 0 Å². The molecular weight excluding hydrogens is 322 g/mol. The predicted octanol–water partition coefficient (Wildman–Crippen LogP) is 0.125. The summed E-state index contributed by atoms with van der Waals surface area (Å²) < 4.78 is 10.7. The molecule has 25 heavy (non-hydrogen) atoms. The highest BCUT2D eigenvalue weighted by Crippen LogP contribution is 1.99.